The van der Waals surface area contributed by atoms with Gasteiger partial charge in [-0.15, -0.1) is 0 Å². The van der Waals surface area contributed by atoms with Crippen molar-refractivity contribution in [2.24, 2.45) is 0 Å². The average molecular weight is 312 g/mol. The molecular formula is C14H22BrN3. The number of piperidine rings is 1. The number of nitrogens with zero attached hydrogens (tertiary/aromatic N) is 2. The van der Waals surface area contributed by atoms with Gasteiger partial charge in [-0.05, 0) is 63.8 Å². The van der Waals surface area contributed by atoms with E-state index in [-0.39, 0.29) is 0 Å². The number of halogens is 1. The standard InChI is InChI=1S/C14H22BrN3/c1-17-5-3-14(4-6-17)18(2)10-11-7-12(15)9-13(16)8-11/h7-9,14H,3-6,10,16H2,1-2H3. The molecule has 0 saturated carbocycles. The van der Waals surface area contributed by atoms with Crippen molar-refractivity contribution in [3.8, 4) is 0 Å². The van der Waals surface area contributed by atoms with Crippen LogP contribution in [0.3, 0.4) is 0 Å². The fraction of sp³-hybridized carbons (Fsp3) is 0.571. The van der Waals surface area contributed by atoms with Gasteiger partial charge in [0.15, 0.2) is 0 Å². The van der Waals surface area contributed by atoms with Crippen LogP contribution in [0.25, 0.3) is 0 Å². The van der Waals surface area contributed by atoms with Gasteiger partial charge in [0.25, 0.3) is 0 Å². The molecular weight excluding hydrogens is 290 g/mol. The van der Waals surface area contributed by atoms with Gasteiger partial charge < -0.3 is 10.6 Å². The van der Waals surface area contributed by atoms with E-state index in [0.717, 1.165) is 16.7 Å². The highest BCUT2D eigenvalue weighted by Crippen LogP contribution is 2.21. The van der Waals surface area contributed by atoms with Gasteiger partial charge in [-0.1, -0.05) is 15.9 Å². The van der Waals surface area contributed by atoms with Crippen molar-refractivity contribution in [3.63, 3.8) is 0 Å². The molecule has 0 spiro atoms. The summed E-state index contributed by atoms with van der Waals surface area (Å²) in [5.41, 5.74) is 7.99. The van der Waals surface area contributed by atoms with Crippen molar-refractivity contribution in [2.75, 3.05) is 32.9 Å². The van der Waals surface area contributed by atoms with Gasteiger partial charge in [0.2, 0.25) is 0 Å². The van der Waals surface area contributed by atoms with Gasteiger partial charge in [0.1, 0.15) is 0 Å². The van der Waals surface area contributed by atoms with Gasteiger partial charge in [-0.25, -0.2) is 0 Å². The summed E-state index contributed by atoms with van der Waals surface area (Å²) in [6.45, 7) is 3.38. The predicted molar refractivity (Wildman–Crippen MR) is 80.5 cm³/mol. The van der Waals surface area contributed by atoms with Crippen molar-refractivity contribution >= 4 is 21.6 Å². The molecule has 0 atom stereocenters. The first-order valence-electron chi connectivity index (χ1n) is 6.48. The lowest BCUT2D eigenvalue weighted by Crippen LogP contribution is -2.41. The third-order valence-corrected chi connectivity index (χ3v) is 4.18. The fourth-order valence-electron chi connectivity index (χ4n) is 2.62. The highest BCUT2D eigenvalue weighted by atomic mass is 79.9. The number of anilines is 1. The first-order chi connectivity index (χ1) is 8.54. The van der Waals surface area contributed by atoms with Crippen LogP contribution in [0.4, 0.5) is 5.69 Å². The van der Waals surface area contributed by atoms with Crippen LogP contribution < -0.4 is 5.73 Å². The molecule has 4 heteroatoms. The second kappa shape index (κ2) is 6.04. The van der Waals surface area contributed by atoms with Crippen molar-refractivity contribution in [1.29, 1.82) is 0 Å². The maximum atomic E-state index is 5.88. The zero-order chi connectivity index (χ0) is 13.1. The zero-order valence-electron chi connectivity index (χ0n) is 11.2. The largest absolute Gasteiger partial charge is 0.399 e. The molecule has 3 nitrogen and oxygen atoms in total. The van der Waals surface area contributed by atoms with E-state index in [1.807, 2.05) is 6.07 Å². The summed E-state index contributed by atoms with van der Waals surface area (Å²) in [6.07, 6.45) is 2.52. The van der Waals surface area contributed by atoms with Crippen molar-refractivity contribution in [1.82, 2.24) is 9.80 Å². The molecule has 1 aromatic carbocycles. The molecule has 0 unspecified atom stereocenters. The summed E-state index contributed by atoms with van der Waals surface area (Å²) in [5.74, 6) is 0. The van der Waals surface area contributed by atoms with Gasteiger partial charge in [0.05, 0.1) is 0 Å². The van der Waals surface area contributed by atoms with E-state index in [0.29, 0.717) is 6.04 Å². The lowest BCUT2D eigenvalue weighted by Gasteiger charge is -2.35. The minimum Gasteiger partial charge on any atom is -0.399 e. The van der Waals surface area contributed by atoms with E-state index in [1.54, 1.807) is 0 Å². The Morgan fingerprint density at radius 2 is 2.00 bits per heavy atom. The highest BCUT2D eigenvalue weighted by molar-refractivity contribution is 9.10. The zero-order valence-corrected chi connectivity index (χ0v) is 12.8. The van der Waals surface area contributed by atoms with E-state index in [1.165, 1.54) is 31.5 Å². The lowest BCUT2D eigenvalue weighted by molar-refractivity contribution is 0.139. The molecule has 0 aliphatic carbocycles. The van der Waals surface area contributed by atoms with Crippen LogP contribution >= 0.6 is 15.9 Å². The molecule has 100 valence electrons. The normalized spacial score (nSPS) is 18.4. The number of nitrogens with two attached hydrogens (primary N) is 1. The Kier molecular flexibility index (Phi) is 4.65. The first-order valence-corrected chi connectivity index (χ1v) is 7.27. The number of likely N-dealkylation sites (tertiary alicyclic amines) is 1. The molecule has 2 N–H and O–H groups in total. The molecule has 0 aromatic heterocycles. The number of rotatable bonds is 3. The molecule has 1 aromatic rings. The second-order valence-corrected chi connectivity index (χ2v) is 6.26. The third-order valence-electron chi connectivity index (χ3n) is 3.72. The Bertz CT molecular complexity index is 380. The van der Waals surface area contributed by atoms with Crippen LogP contribution in [0.5, 0.6) is 0 Å². The smallest absolute Gasteiger partial charge is 0.0328 e. The van der Waals surface area contributed by atoms with Crippen LogP contribution in [-0.4, -0.2) is 43.0 Å². The number of nitrogen functional groups attached to an aromatic ring is 1. The van der Waals surface area contributed by atoms with Crippen LogP contribution in [0, 0.1) is 0 Å². The van der Waals surface area contributed by atoms with E-state index in [2.05, 4.69) is 52.0 Å². The maximum absolute atomic E-state index is 5.88. The molecule has 1 aliphatic rings. The minimum atomic E-state index is 0.696. The summed E-state index contributed by atoms with van der Waals surface area (Å²) in [4.78, 5) is 4.86. The van der Waals surface area contributed by atoms with E-state index in [9.17, 15) is 0 Å². The predicted octanol–water partition coefficient (Wildman–Crippen LogP) is 2.56. The van der Waals surface area contributed by atoms with E-state index < -0.39 is 0 Å². The van der Waals surface area contributed by atoms with Gasteiger partial charge >= 0.3 is 0 Å². The van der Waals surface area contributed by atoms with Crippen LogP contribution in [-0.2, 0) is 6.54 Å². The molecule has 2 rings (SSSR count). The van der Waals surface area contributed by atoms with Crippen molar-refractivity contribution < 1.29 is 0 Å². The molecule has 0 amide bonds. The quantitative estimate of drug-likeness (QED) is 0.871. The third kappa shape index (κ3) is 3.70. The number of benzene rings is 1. The lowest BCUT2D eigenvalue weighted by atomic mass is 10.0. The SMILES string of the molecule is CN1CCC(N(C)Cc2cc(N)cc(Br)c2)CC1. The Balaban J connectivity index is 1.96. The summed E-state index contributed by atoms with van der Waals surface area (Å²) in [5, 5.41) is 0. The van der Waals surface area contributed by atoms with Gasteiger partial charge in [-0.3, -0.25) is 4.90 Å². The Morgan fingerprint density at radius 3 is 2.61 bits per heavy atom. The minimum absolute atomic E-state index is 0.696. The average Bonchev–Trinajstić information content (AvgIpc) is 2.28. The van der Waals surface area contributed by atoms with Crippen LogP contribution in [0.15, 0.2) is 22.7 Å². The monoisotopic (exact) mass is 311 g/mol. The van der Waals surface area contributed by atoms with Gasteiger partial charge in [0, 0.05) is 22.7 Å². The van der Waals surface area contributed by atoms with Crippen molar-refractivity contribution in [2.45, 2.75) is 25.4 Å². The van der Waals surface area contributed by atoms with Gasteiger partial charge in [-0.2, -0.15) is 0 Å². The Hall–Kier alpha value is -0.580. The maximum Gasteiger partial charge on any atom is 0.0328 e. The molecule has 18 heavy (non-hydrogen) atoms. The molecule has 0 bridgehead atoms. The number of hydrogen-bond acceptors (Lipinski definition) is 3. The van der Waals surface area contributed by atoms with Crippen LogP contribution in [0.2, 0.25) is 0 Å². The highest BCUT2D eigenvalue weighted by Gasteiger charge is 2.20. The number of hydrogen-bond donors (Lipinski definition) is 1. The summed E-state index contributed by atoms with van der Waals surface area (Å²) < 4.78 is 1.06. The van der Waals surface area contributed by atoms with Crippen molar-refractivity contribution in [3.05, 3.63) is 28.2 Å². The Labute approximate surface area is 118 Å². The van der Waals surface area contributed by atoms with E-state index in [4.69, 9.17) is 5.73 Å². The first kappa shape index (κ1) is 13.8. The summed E-state index contributed by atoms with van der Waals surface area (Å²) >= 11 is 3.50. The topological polar surface area (TPSA) is 32.5 Å². The molecule has 1 aliphatic heterocycles. The van der Waals surface area contributed by atoms with E-state index >= 15 is 0 Å². The molecule has 1 saturated heterocycles. The molecule has 1 fully saturated rings. The Morgan fingerprint density at radius 1 is 1.33 bits per heavy atom. The second-order valence-electron chi connectivity index (χ2n) is 5.34. The molecule has 1 heterocycles. The fourth-order valence-corrected chi connectivity index (χ4v) is 3.18. The summed E-state index contributed by atoms with van der Waals surface area (Å²) in [6, 6.07) is 6.86. The van der Waals surface area contributed by atoms with Crippen LogP contribution in [0.1, 0.15) is 18.4 Å². The summed E-state index contributed by atoms with van der Waals surface area (Å²) in [7, 11) is 4.41. The molecule has 0 radical (unpaired) electrons.